The van der Waals surface area contributed by atoms with Gasteiger partial charge in [-0.05, 0) is 72.3 Å². The molecule has 3 aromatic rings. The minimum absolute atomic E-state index is 0.0851. The number of halogens is 2. The number of hydrogen-bond acceptors (Lipinski definition) is 7. The summed E-state index contributed by atoms with van der Waals surface area (Å²) in [5.74, 6) is -0.733. The molecule has 0 spiro atoms. The van der Waals surface area contributed by atoms with E-state index < -0.39 is 15.8 Å². The fourth-order valence-electron chi connectivity index (χ4n) is 4.07. The topological polar surface area (TPSA) is 99.5 Å². The highest BCUT2D eigenvalue weighted by Crippen LogP contribution is 2.36. The predicted molar refractivity (Wildman–Crippen MR) is 145 cm³/mol. The number of hydrogen-bond donors (Lipinski definition) is 1. The minimum atomic E-state index is -3.97. The van der Waals surface area contributed by atoms with Gasteiger partial charge in [-0.3, -0.25) is 9.52 Å². The van der Waals surface area contributed by atoms with E-state index in [1.165, 1.54) is 30.4 Å². The highest BCUT2D eigenvalue weighted by atomic mass is 35.5. The van der Waals surface area contributed by atoms with E-state index >= 15 is 0 Å². The molecule has 1 aliphatic rings. The SMILES string of the molecule is CC#N.Cc1cc(Cl)c(N2CCOCC2)c(C)c1CC(=O)c1sccc1NS(=O)(=O)c1ccc(F)cc1. The van der Waals surface area contributed by atoms with Crippen molar-refractivity contribution < 1.29 is 22.3 Å². The maximum absolute atomic E-state index is 13.3. The number of anilines is 2. The molecule has 1 saturated heterocycles. The standard InChI is InChI=1S/C24H24ClFN2O4S2.C2H3N/c1-15-13-20(25)23(28-8-10-32-11-9-28)16(2)19(15)14-22(29)24-21(7-12-33-24)27-34(30,31)18-5-3-17(26)4-6-18;1-2-3/h3-7,12-13,27H,8-11,14H2,1-2H3;1H3. The number of nitrogens with zero attached hydrogens (tertiary/aromatic N) is 2. The van der Waals surface area contributed by atoms with Crippen LogP contribution in [0.1, 0.15) is 33.3 Å². The van der Waals surface area contributed by atoms with E-state index in [4.69, 9.17) is 21.6 Å². The van der Waals surface area contributed by atoms with Gasteiger partial charge in [0.2, 0.25) is 0 Å². The van der Waals surface area contributed by atoms with Gasteiger partial charge in [0.1, 0.15) is 5.82 Å². The largest absolute Gasteiger partial charge is 0.378 e. The summed E-state index contributed by atoms with van der Waals surface area (Å²) in [6, 6.07) is 9.69. The number of ketones is 1. The van der Waals surface area contributed by atoms with Crippen LogP contribution in [0.25, 0.3) is 0 Å². The van der Waals surface area contributed by atoms with Gasteiger partial charge < -0.3 is 9.64 Å². The van der Waals surface area contributed by atoms with Crippen LogP contribution in [0.4, 0.5) is 15.8 Å². The Balaban J connectivity index is 0.00000121. The second-order valence-electron chi connectivity index (χ2n) is 8.27. The Hall–Kier alpha value is -2.97. The first kappa shape index (κ1) is 28.6. The average Bonchev–Trinajstić information content (AvgIpc) is 3.30. The van der Waals surface area contributed by atoms with Crippen LogP contribution in [0.15, 0.2) is 46.7 Å². The molecule has 7 nitrogen and oxygen atoms in total. The molecule has 2 heterocycles. The number of carbonyl (C=O) groups is 1. The number of nitrogens with one attached hydrogen (secondary N) is 1. The first-order valence-corrected chi connectivity index (χ1v) is 14.1. The lowest BCUT2D eigenvalue weighted by molar-refractivity contribution is 0.0997. The highest BCUT2D eigenvalue weighted by Gasteiger charge is 2.24. The van der Waals surface area contributed by atoms with E-state index in [9.17, 15) is 17.6 Å². The molecule has 1 fully saturated rings. The average molecular weight is 564 g/mol. The van der Waals surface area contributed by atoms with Crippen LogP contribution < -0.4 is 9.62 Å². The van der Waals surface area contributed by atoms with Crippen molar-refractivity contribution in [1.82, 2.24) is 0 Å². The summed E-state index contributed by atoms with van der Waals surface area (Å²) in [6.45, 7) is 7.97. The lowest BCUT2D eigenvalue weighted by atomic mass is 9.95. The van der Waals surface area contributed by atoms with E-state index in [1.807, 2.05) is 19.9 Å². The fourth-order valence-corrected chi connectivity index (χ4v) is 6.43. The first-order valence-electron chi connectivity index (χ1n) is 11.4. The van der Waals surface area contributed by atoms with Gasteiger partial charge in [-0.1, -0.05) is 11.6 Å². The summed E-state index contributed by atoms with van der Waals surface area (Å²) >= 11 is 7.75. The number of Topliss-reactive ketones (excluding diaryl/α,β-unsaturated/α-hetero) is 1. The zero-order chi connectivity index (χ0) is 27.2. The molecule has 0 unspecified atom stereocenters. The second-order valence-corrected chi connectivity index (χ2v) is 11.3. The van der Waals surface area contributed by atoms with Crippen LogP contribution in [-0.2, 0) is 21.2 Å². The van der Waals surface area contributed by atoms with Crippen LogP contribution in [0.2, 0.25) is 5.02 Å². The van der Waals surface area contributed by atoms with Crippen molar-refractivity contribution in [2.45, 2.75) is 32.1 Å². The summed E-state index contributed by atoms with van der Waals surface area (Å²) in [5, 5.41) is 9.62. The van der Waals surface area contributed by atoms with Gasteiger partial charge in [0.25, 0.3) is 10.0 Å². The van der Waals surface area contributed by atoms with Crippen molar-refractivity contribution in [2.75, 3.05) is 35.9 Å². The normalized spacial score (nSPS) is 13.4. The number of sulfonamides is 1. The molecule has 0 aliphatic carbocycles. The Bertz CT molecular complexity index is 1410. The first-order chi connectivity index (χ1) is 17.6. The van der Waals surface area contributed by atoms with E-state index in [1.54, 1.807) is 17.5 Å². The molecule has 0 radical (unpaired) electrons. The Morgan fingerprint density at radius 1 is 1.22 bits per heavy atom. The molecule has 0 bridgehead atoms. The summed E-state index contributed by atoms with van der Waals surface area (Å²) in [7, 11) is -3.97. The van der Waals surface area contributed by atoms with Gasteiger partial charge in [-0.15, -0.1) is 11.3 Å². The molecule has 4 rings (SSSR count). The zero-order valence-electron chi connectivity index (χ0n) is 20.7. The minimum Gasteiger partial charge on any atom is -0.378 e. The number of ether oxygens (including phenoxy) is 1. The molecule has 1 N–H and O–H groups in total. The second kappa shape index (κ2) is 12.5. The highest BCUT2D eigenvalue weighted by molar-refractivity contribution is 7.92. The Kier molecular flexibility index (Phi) is 9.68. The van der Waals surface area contributed by atoms with Crippen LogP contribution in [0, 0.1) is 31.0 Å². The number of carbonyl (C=O) groups excluding carboxylic acids is 1. The number of aryl methyl sites for hydroxylation is 1. The quantitative estimate of drug-likeness (QED) is 0.367. The summed E-state index contributed by atoms with van der Waals surface area (Å²) < 4.78 is 46.6. The third-order valence-corrected chi connectivity index (χ3v) is 8.43. The van der Waals surface area contributed by atoms with Gasteiger partial charge >= 0.3 is 0 Å². The molecule has 2 aromatic carbocycles. The molecule has 0 atom stereocenters. The van der Waals surface area contributed by atoms with Gasteiger partial charge in [0, 0.05) is 26.4 Å². The van der Waals surface area contributed by atoms with Gasteiger partial charge in [0.05, 0.1) is 45.5 Å². The van der Waals surface area contributed by atoms with Crippen molar-refractivity contribution in [2.24, 2.45) is 0 Å². The number of rotatable bonds is 7. The molecular weight excluding hydrogens is 537 g/mol. The zero-order valence-corrected chi connectivity index (χ0v) is 23.1. The Morgan fingerprint density at radius 3 is 2.46 bits per heavy atom. The summed E-state index contributed by atoms with van der Waals surface area (Å²) in [4.78, 5) is 15.7. The molecule has 1 aliphatic heterocycles. The number of morpholine rings is 1. The van der Waals surface area contributed by atoms with Crippen molar-refractivity contribution in [3.05, 3.63) is 74.2 Å². The Labute approximate surface area is 225 Å². The third kappa shape index (κ3) is 6.87. The van der Waals surface area contributed by atoms with Crippen molar-refractivity contribution in [3.8, 4) is 6.07 Å². The van der Waals surface area contributed by atoms with E-state index in [2.05, 4.69) is 9.62 Å². The predicted octanol–water partition coefficient (Wildman–Crippen LogP) is 5.75. The van der Waals surface area contributed by atoms with Crippen LogP contribution in [0.5, 0.6) is 0 Å². The third-order valence-electron chi connectivity index (χ3n) is 5.80. The number of nitriles is 1. The molecule has 196 valence electrons. The molecule has 0 saturated carbocycles. The van der Waals surface area contributed by atoms with Gasteiger partial charge in [0.15, 0.2) is 5.78 Å². The van der Waals surface area contributed by atoms with Gasteiger partial charge in [-0.25, -0.2) is 12.8 Å². The monoisotopic (exact) mass is 563 g/mol. The maximum Gasteiger partial charge on any atom is 0.261 e. The number of benzene rings is 2. The van der Waals surface area contributed by atoms with Crippen LogP contribution in [-0.4, -0.2) is 40.5 Å². The summed E-state index contributed by atoms with van der Waals surface area (Å²) in [5.41, 5.74) is 3.82. The Morgan fingerprint density at radius 2 is 1.84 bits per heavy atom. The molecule has 1 aromatic heterocycles. The molecule has 0 amide bonds. The van der Waals surface area contributed by atoms with Crippen LogP contribution in [0.3, 0.4) is 0 Å². The van der Waals surface area contributed by atoms with Crippen molar-refractivity contribution in [3.63, 3.8) is 0 Å². The van der Waals surface area contributed by atoms with Crippen molar-refractivity contribution >= 4 is 50.1 Å². The molecule has 37 heavy (non-hydrogen) atoms. The van der Waals surface area contributed by atoms with Crippen LogP contribution >= 0.6 is 22.9 Å². The molecule has 11 heteroatoms. The van der Waals surface area contributed by atoms with E-state index in [0.29, 0.717) is 23.1 Å². The molecular formula is C26H27ClFN3O4S2. The lowest BCUT2D eigenvalue weighted by Gasteiger charge is -2.32. The van der Waals surface area contributed by atoms with E-state index in [-0.39, 0.29) is 22.8 Å². The number of thiophene rings is 1. The fraction of sp³-hybridized carbons (Fsp3) is 0.308. The van der Waals surface area contributed by atoms with Crippen molar-refractivity contribution in [1.29, 1.82) is 5.26 Å². The maximum atomic E-state index is 13.3. The smallest absolute Gasteiger partial charge is 0.261 e. The van der Waals surface area contributed by atoms with E-state index in [0.717, 1.165) is 47.6 Å². The lowest BCUT2D eigenvalue weighted by Crippen LogP contribution is -2.37. The van der Waals surface area contributed by atoms with Gasteiger partial charge in [-0.2, -0.15) is 5.26 Å². The summed E-state index contributed by atoms with van der Waals surface area (Å²) in [6.07, 6.45) is 0.109.